The van der Waals surface area contributed by atoms with Gasteiger partial charge in [-0.15, -0.1) is 0 Å². The van der Waals surface area contributed by atoms with Crippen LogP contribution in [0.5, 0.6) is 0 Å². The molecule has 1 atom stereocenters. The van der Waals surface area contributed by atoms with Crippen molar-refractivity contribution in [3.8, 4) is 0 Å². The van der Waals surface area contributed by atoms with Gasteiger partial charge >= 0.3 is 5.97 Å². The topological polar surface area (TPSA) is 75.1 Å². The number of ether oxygens (including phenoxy) is 1. The van der Waals surface area contributed by atoms with Gasteiger partial charge < -0.3 is 4.74 Å². The van der Waals surface area contributed by atoms with Crippen LogP contribution in [-0.2, 0) is 9.53 Å². The van der Waals surface area contributed by atoms with Crippen LogP contribution in [0, 0.1) is 5.92 Å². The molecule has 5 heteroatoms. The van der Waals surface area contributed by atoms with E-state index in [4.69, 9.17) is 5.53 Å². The first-order chi connectivity index (χ1) is 5.22. The first-order valence-corrected chi connectivity index (χ1v) is 3.39. The number of carbonyl (C=O) groups is 1. The quantitative estimate of drug-likeness (QED) is 0.270. The molecule has 0 radical (unpaired) electrons. The highest BCUT2D eigenvalue weighted by Crippen LogP contribution is 2.02. The molecule has 0 rings (SSSR count). The lowest BCUT2D eigenvalue weighted by Crippen LogP contribution is -2.13. The Hall–Kier alpha value is -1.22. The fourth-order valence-corrected chi connectivity index (χ4v) is 0.427. The second kappa shape index (κ2) is 5.56. The summed E-state index contributed by atoms with van der Waals surface area (Å²) in [5, 5.41) is 3.07. The maximum Gasteiger partial charge on any atom is 0.308 e. The van der Waals surface area contributed by atoms with E-state index in [0.29, 0.717) is 0 Å². The number of esters is 1. The van der Waals surface area contributed by atoms with Crippen molar-refractivity contribution in [2.75, 3.05) is 6.73 Å². The normalized spacial score (nSPS) is 11.5. The minimum atomic E-state index is -0.320. The predicted molar refractivity (Wildman–Crippen MR) is 39.6 cm³/mol. The molecule has 0 aliphatic heterocycles. The zero-order valence-electron chi connectivity index (χ0n) is 6.65. The van der Waals surface area contributed by atoms with Gasteiger partial charge in [-0.3, -0.25) is 4.79 Å². The van der Waals surface area contributed by atoms with Gasteiger partial charge in [-0.25, -0.2) is 0 Å². The number of carbonyl (C=O) groups excluding carboxylic acids is 1. The molecule has 0 bridgehead atoms. The summed E-state index contributed by atoms with van der Waals surface area (Å²) in [5.74, 6) is -0.441. The smallest absolute Gasteiger partial charge is 0.308 e. The van der Waals surface area contributed by atoms with Gasteiger partial charge in [-0.2, -0.15) is 0 Å². The molecule has 0 heterocycles. The van der Waals surface area contributed by atoms with E-state index >= 15 is 0 Å². The average Bonchev–Trinajstić information content (AvgIpc) is 2.03. The van der Waals surface area contributed by atoms with Crippen molar-refractivity contribution in [1.82, 2.24) is 0 Å². The van der Waals surface area contributed by atoms with Gasteiger partial charge in [0.05, 0.1) is 5.92 Å². The third-order valence-electron chi connectivity index (χ3n) is 1.34. The Morgan fingerprint density at radius 2 is 2.45 bits per heavy atom. The van der Waals surface area contributed by atoms with E-state index in [2.05, 4.69) is 14.8 Å². The van der Waals surface area contributed by atoms with Crippen LogP contribution in [0.3, 0.4) is 0 Å². The average molecular weight is 157 g/mol. The van der Waals surface area contributed by atoms with Crippen molar-refractivity contribution >= 4 is 5.97 Å². The zero-order chi connectivity index (χ0) is 8.69. The van der Waals surface area contributed by atoms with Crippen LogP contribution < -0.4 is 0 Å². The van der Waals surface area contributed by atoms with Gasteiger partial charge in [0, 0.05) is 4.91 Å². The lowest BCUT2D eigenvalue weighted by atomic mass is 10.1. The summed E-state index contributed by atoms with van der Waals surface area (Å²) in [4.78, 5) is 13.3. The fourth-order valence-electron chi connectivity index (χ4n) is 0.427. The van der Waals surface area contributed by atoms with Crippen molar-refractivity contribution in [3.63, 3.8) is 0 Å². The van der Waals surface area contributed by atoms with E-state index in [1.54, 1.807) is 6.92 Å². The van der Waals surface area contributed by atoms with Crippen molar-refractivity contribution in [1.29, 1.82) is 0 Å². The highest BCUT2D eigenvalue weighted by atomic mass is 16.5. The van der Waals surface area contributed by atoms with Crippen LogP contribution in [-0.4, -0.2) is 12.7 Å². The van der Waals surface area contributed by atoms with Crippen LogP contribution in [0.15, 0.2) is 5.11 Å². The van der Waals surface area contributed by atoms with Gasteiger partial charge in [0.2, 0.25) is 0 Å². The van der Waals surface area contributed by atoms with E-state index in [9.17, 15) is 4.79 Å². The van der Waals surface area contributed by atoms with Crippen LogP contribution in [0.1, 0.15) is 20.3 Å². The molecule has 0 saturated heterocycles. The Morgan fingerprint density at radius 3 is 2.91 bits per heavy atom. The maximum atomic E-state index is 10.8. The molecule has 0 aromatic carbocycles. The van der Waals surface area contributed by atoms with Crippen LogP contribution in [0.25, 0.3) is 10.4 Å². The molecular formula is C6H11N3O2. The molecule has 0 aliphatic rings. The summed E-state index contributed by atoms with van der Waals surface area (Å²) in [6.07, 6.45) is 0.731. The molecule has 0 amide bonds. The molecule has 0 fully saturated rings. The Kier molecular flexibility index (Phi) is 4.94. The van der Waals surface area contributed by atoms with Crippen LogP contribution in [0.4, 0.5) is 0 Å². The molecule has 1 unspecified atom stereocenters. The van der Waals surface area contributed by atoms with E-state index < -0.39 is 0 Å². The monoisotopic (exact) mass is 157 g/mol. The summed E-state index contributed by atoms with van der Waals surface area (Å²) in [6.45, 7) is 3.44. The second-order valence-electron chi connectivity index (χ2n) is 2.13. The Balaban J connectivity index is 3.60. The van der Waals surface area contributed by atoms with Crippen molar-refractivity contribution < 1.29 is 9.53 Å². The number of hydrogen-bond donors (Lipinski definition) is 0. The molecule has 0 saturated carbocycles. The fraction of sp³-hybridized carbons (Fsp3) is 0.833. The summed E-state index contributed by atoms with van der Waals surface area (Å²) < 4.78 is 4.58. The van der Waals surface area contributed by atoms with E-state index in [-0.39, 0.29) is 18.6 Å². The number of nitrogens with zero attached hydrogens (tertiary/aromatic N) is 3. The lowest BCUT2D eigenvalue weighted by molar-refractivity contribution is -0.147. The molecule has 0 aliphatic carbocycles. The van der Waals surface area contributed by atoms with Gasteiger partial charge in [-0.05, 0) is 12.0 Å². The van der Waals surface area contributed by atoms with Gasteiger partial charge in [0.25, 0.3) is 0 Å². The van der Waals surface area contributed by atoms with Crippen LogP contribution >= 0.6 is 0 Å². The minimum absolute atomic E-state index is 0.121. The Labute approximate surface area is 65.0 Å². The predicted octanol–water partition coefficient (Wildman–Crippen LogP) is 1.84. The third-order valence-corrected chi connectivity index (χ3v) is 1.34. The van der Waals surface area contributed by atoms with Crippen molar-refractivity contribution in [3.05, 3.63) is 10.4 Å². The van der Waals surface area contributed by atoms with Crippen molar-refractivity contribution in [2.45, 2.75) is 20.3 Å². The summed E-state index contributed by atoms with van der Waals surface area (Å²) in [7, 11) is 0. The number of hydrogen-bond acceptors (Lipinski definition) is 3. The second-order valence-corrected chi connectivity index (χ2v) is 2.13. The summed E-state index contributed by atoms with van der Waals surface area (Å²) in [5.41, 5.74) is 7.84. The van der Waals surface area contributed by atoms with E-state index in [1.165, 1.54) is 0 Å². The minimum Gasteiger partial charge on any atom is -0.459 e. The Morgan fingerprint density at radius 1 is 1.82 bits per heavy atom. The molecule has 0 aromatic rings. The standard InChI is InChI=1S/C6H11N3O2/c1-3-5(2)6(10)11-4-8-9-7/h5H,3-4H2,1-2H3. The summed E-state index contributed by atoms with van der Waals surface area (Å²) >= 11 is 0. The highest BCUT2D eigenvalue weighted by Gasteiger charge is 2.10. The molecule has 0 spiro atoms. The highest BCUT2D eigenvalue weighted by molar-refractivity contribution is 5.71. The lowest BCUT2D eigenvalue weighted by Gasteiger charge is -2.05. The largest absolute Gasteiger partial charge is 0.459 e. The molecule has 5 nitrogen and oxygen atoms in total. The van der Waals surface area contributed by atoms with E-state index in [0.717, 1.165) is 6.42 Å². The Bertz CT molecular complexity index is 175. The van der Waals surface area contributed by atoms with E-state index in [1.807, 2.05) is 6.92 Å². The molecule has 0 N–H and O–H groups in total. The van der Waals surface area contributed by atoms with Gasteiger partial charge in [0.1, 0.15) is 0 Å². The summed E-state index contributed by atoms with van der Waals surface area (Å²) in [6, 6.07) is 0. The molecule has 11 heavy (non-hydrogen) atoms. The number of rotatable bonds is 4. The van der Waals surface area contributed by atoms with Crippen LogP contribution in [0.2, 0.25) is 0 Å². The molecule has 62 valence electrons. The van der Waals surface area contributed by atoms with Gasteiger partial charge in [-0.1, -0.05) is 19.0 Å². The first-order valence-electron chi connectivity index (χ1n) is 3.39. The molecular weight excluding hydrogens is 146 g/mol. The maximum absolute atomic E-state index is 10.8. The van der Waals surface area contributed by atoms with Gasteiger partial charge in [0.15, 0.2) is 6.73 Å². The number of azide groups is 1. The SMILES string of the molecule is CCC(C)C(=O)OCN=[N+]=[N-]. The molecule has 0 aromatic heterocycles. The van der Waals surface area contributed by atoms with Crippen molar-refractivity contribution in [2.24, 2.45) is 11.0 Å². The zero-order valence-corrected chi connectivity index (χ0v) is 6.65. The third kappa shape index (κ3) is 4.22. The first kappa shape index (κ1) is 9.78.